The van der Waals surface area contributed by atoms with Gasteiger partial charge in [0.2, 0.25) is 0 Å². The zero-order chi connectivity index (χ0) is 17.6. The Kier molecular flexibility index (Phi) is 5.71. The van der Waals surface area contributed by atoms with Crippen LogP contribution in [0.15, 0.2) is 48.5 Å². The molecule has 25 heavy (non-hydrogen) atoms. The van der Waals surface area contributed by atoms with Crippen molar-refractivity contribution in [3.63, 3.8) is 0 Å². The highest BCUT2D eigenvalue weighted by atomic mass is 16.1. The predicted molar refractivity (Wildman–Crippen MR) is 104 cm³/mol. The summed E-state index contributed by atoms with van der Waals surface area (Å²) in [6.45, 7) is 5.12. The molecule has 1 aliphatic rings. The maximum absolute atomic E-state index is 12.5. The third kappa shape index (κ3) is 4.20. The average Bonchev–Trinajstić information content (AvgIpc) is 3.14. The van der Waals surface area contributed by atoms with Crippen LogP contribution in [0.2, 0.25) is 0 Å². The second kappa shape index (κ2) is 8.17. The van der Waals surface area contributed by atoms with Crippen LogP contribution in [0.25, 0.3) is 11.1 Å². The number of hydrogen-bond acceptors (Lipinski definition) is 3. The lowest BCUT2D eigenvalue weighted by Gasteiger charge is -2.22. The van der Waals surface area contributed by atoms with Gasteiger partial charge in [0, 0.05) is 30.9 Å². The summed E-state index contributed by atoms with van der Waals surface area (Å²) in [7, 11) is 1.91. The lowest BCUT2D eigenvalue weighted by atomic mass is 10.0. The molecule has 1 atom stereocenters. The Balaban J connectivity index is 1.66. The van der Waals surface area contributed by atoms with Crippen molar-refractivity contribution in [3.8, 4) is 11.1 Å². The van der Waals surface area contributed by atoms with Gasteiger partial charge >= 0.3 is 0 Å². The number of nitrogens with one attached hydrogen (secondary N) is 2. The summed E-state index contributed by atoms with van der Waals surface area (Å²) in [5.74, 6) is 0.0108. The highest BCUT2D eigenvalue weighted by molar-refractivity contribution is 5.95. The first-order chi connectivity index (χ1) is 12.2. The first-order valence-corrected chi connectivity index (χ1v) is 9.11. The molecule has 1 amide bonds. The van der Waals surface area contributed by atoms with Gasteiger partial charge in [-0.05, 0) is 61.3 Å². The minimum atomic E-state index is 0.0108. The van der Waals surface area contributed by atoms with Gasteiger partial charge in [-0.3, -0.25) is 9.69 Å². The van der Waals surface area contributed by atoms with Crippen LogP contribution in [0.4, 0.5) is 5.69 Å². The van der Waals surface area contributed by atoms with Gasteiger partial charge in [0.25, 0.3) is 5.91 Å². The molecule has 4 heteroatoms. The van der Waals surface area contributed by atoms with E-state index in [1.807, 2.05) is 43.4 Å². The fourth-order valence-corrected chi connectivity index (χ4v) is 3.52. The Labute approximate surface area is 150 Å². The van der Waals surface area contributed by atoms with Crippen LogP contribution in [-0.2, 0) is 0 Å². The Morgan fingerprint density at radius 2 is 1.96 bits per heavy atom. The molecule has 0 spiro atoms. The lowest BCUT2D eigenvalue weighted by Crippen LogP contribution is -2.40. The van der Waals surface area contributed by atoms with Crippen molar-refractivity contribution in [1.29, 1.82) is 0 Å². The molecule has 2 aromatic rings. The van der Waals surface area contributed by atoms with E-state index >= 15 is 0 Å². The van der Waals surface area contributed by atoms with Crippen LogP contribution in [0.5, 0.6) is 0 Å². The van der Waals surface area contributed by atoms with Gasteiger partial charge in [-0.15, -0.1) is 0 Å². The molecule has 1 saturated heterocycles. The van der Waals surface area contributed by atoms with Crippen LogP contribution in [0, 0.1) is 0 Å². The summed E-state index contributed by atoms with van der Waals surface area (Å²) in [5.41, 5.74) is 3.97. The van der Waals surface area contributed by atoms with Crippen molar-refractivity contribution in [2.75, 3.05) is 32.0 Å². The molecule has 0 aliphatic carbocycles. The van der Waals surface area contributed by atoms with Crippen molar-refractivity contribution < 1.29 is 4.79 Å². The maximum Gasteiger partial charge on any atom is 0.251 e. The van der Waals surface area contributed by atoms with Crippen molar-refractivity contribution in [2.45, 2.75) is 25.8 Å². The first kappa shape index (κ1) is 17.5. The molecule has 132 valence electrons. The molecular formula is C21H27N3O. The third-order valence-electron chi connectivity index (χ3n) is 5.04. The van der Waals surface area contributed by atoms with E-state index in [0.717, 1.165) is 42.0 Å². The molecule has 0 bridgehead atoms. The van der Waals surface area contributed by atoms with E-state index in [1.54, 1.807) is 0 Å². The number of hydrogen-bond donors (Lipinski definition) is 2. The first-order valence-electron chi connectivity index (χ1n) is 9.11. The van der Waals surface area contributed by atoms with E-state index in [2.05, 4.69) is 34.6 Å². The van der Waals surface area contributed by atoms with Crippen molar-refractivity contribution >= 4 is 11.6 Å². The Morgan fingerprint density at radius 3 is 2.68 bits per heavy atom. The fraction of sp³-hybridized carbons (Fsp3) is 0.381. The van der Waals surface area contributed by atoms with Gasteiger partial charge in [-0.2, -0.15) is 0 Å². The molecule has 1 fully saturated rings. The highest BCUT2D eigenvalue weighted by Gasteiger charge is 2.23. The van der Waals surface area contributed by atoms with Crippen LogP contribution in [0.3, 0.4) is 0 Å². The predicted octanol–water partition coefficient (Wildman–Crippen LogP) is 3.61. The largest absolute Gasteiger partial charge is 0.388 e. The number of likely N-dealkylation sites (tertiary alicyclic amines) is 1. The van der Waals surface area contributed by atoms with E-state index in [-0.39, 0.29) is 5.91 Å². The number of carbonyl (C=O) groups excluding carboxylic acids is 1. The standard InChI is InChI=1S/C21H27N3O/c1-3-24-13-5-8-20(24)15-23-21(25)18-7-4-6-17(14-18)16-9-11-19(22-2)12-10-16/h4,6-7,9-12,14,20,22H,3,5,8,13,15H2,1-2H3,(H,23,25). The number of likely N-dealkylation sites (N-methyl/N-ethyl adjacent to an activating group) is 1. The van der Waals surface area contributed by atoms with E-state index in [9.17, 15) is 4.79 Å². The third-order valence-corrected chi connectivity index (χ3v) is 5.04. The topological polar surface area (TPSA) is 44.4 Å². The molecule has 1 unspecified atom stereocenters. The Hall–Kier alpha value is -2.33. The highest BCUT2D eigenvalue weighted by Crippen LogP contribution is 2.22. The minimum Gasteiger partial charge on any atom is -0.388 e. The second-order valence-corrected chi connectivity index (χ2v) is 6.54. The van der Waals surface area contributed by atoms with Crippen LogP contribution < -0.4 is 10.6 Å². The molecule has 0 radical (unpaired) electrons. The zero-order valence-corrected chi connectivity index (χ0v) is 15.1. The minimum absolute atomic E-state index is 0.0108. The number of benzene rings is 2. The van der Waals surface area contributed by atoms with Gasteiger partial charge in [0.15, 0.2) is 0 Å². The van der Waals surface area contributed by atoms with Crippen molar-refractivity contribution in [3.05, 3.63) is 54.1 Å². The zero-order valence-electron chi connectivity index (χ0n) is 15.1. The van der Waals surface area contributed by atoms with Gasteiger partial charge in [-0.25, -0.2) is 0 Å². The van der Waals surface area contributed by atoms with Gasteiger partial charge in [0.05, 0.1) is 0 Å². The fourth-order valence-electron chi connectivity index (χ4n) is 3.52. The van der Waals surface area contributed by atoms with Crippen LogP contribution in [-0.4, -0.2) is 43.5 Å². The van der Waals surface area contributed by atoms with Gasteiger partial charge < -0.3 is 10.6 Å². The van der Waals surface area contributed by atoms with Crippen molar-refractivity contribution in [2.24, 2.45) is 0 Å². The molecule has 2 N–H and O–H groups in total. The monoisotopic (exact) mass is 337 g/mol. The summed E-state index contributed by atoms with van der Waals surface area (Å²) in [4.78, 5) is 15.0. The molecule has 0 saturated carbocycles. The molecule has 2 aromatic carbocycles. The van der Waals surface area contributed by atoms with Gasteiger partial charge in [0.1, 0.15) is 0 Å². The number of rotatable bonds is 6. The maximum atomic E-state index is 12.5. The average molecular weight is 337 g/mol. The Bertz CT molecular complexity index is 711. The summed E-state index contributed by atoms with van der Waals surface area (Å²) >= 11 is 0. The quantitative estimate of drug-likeness (QED) is 0.846. The summed E-state index contributed by atoms with van der Waals surface area (Å²) in [6.07, 6.45) is 2.40. The summed E-state index contributed by atoms with van der Waals surface area (Å²) in [5, 5.41) is 6.23. The summed E-state index contributed by atoms with van der Waals surface area (Å²) in [6, 6.07) is 16.5. The van der Waals surface area contributed by atoms with E-state index in [0.29, 0.717) is 6.04 Å². The summed E-state index contributed by atoms with van der Waals surface area (Å²) < 4.78 is 0. The SMILES string of the molecule is CCN1CCCC1CNC(=O)c1cccc(-c2ccc(NC)cc2)c1. The van der Waals surface area contributed by atoms with Crippen molar-refractivity contribution in [1.82, 2.24) is 10.2 Å². The molecular weight excluding hydrogens is 310 g/mol. The number of nitrogens with zero attached hydrogens (tertiary/aromatic N) is 1. The molecule has 1 heterocycles. The number of anilines is 1. The van der Waals surface area contributed by atoms with E-state index in [4.69, 9.17) is 0 Å². The smallest absolute Gasteiger partial charge is 0.251 e. The van der Waals surface area contributed by atoms with Crippen LogP contribution >= 0.6 is 0 Å². The number of carbonyl (C=O) groups is 1. The van der Waals surface area contributed by atoms with Crippen LogP contribution in [0.1, 0.15) is 30.1 Å². The van der Waals surface area contributed by atoms with E-state index < -0.39 is 0 Å². The lowest BCUT2D eigenvalue weighted by molar-refractivity contribution is 0.0941. The normalized spacial score (nSPS) is 17.4. The number of amides is 1. The van der Waals surface area contributed by atoms with E-state index in [1.165, 1.54) is 12.8 Å². The molecule has 0 aromatic heterocycles. The molecule has 4 nitrogen and oxygen atoms in total. The second-order valence-electron chi connectivity index (χ2n) is 6.54. The molecule has 3 rings (SSSR count). The Morgan fingerprint density at radius 1 is 1.16 bits per heavy atom. The molecule has 1 aliphatic heterocycles. The van der Waals surface area contributed by atoms with Gasteiger partial charge in [-0.1, -0.05) is 31.2 Å².